The van der Waals surface area contributed by atoms with Crippen molar-refractivity contribution in [3.8, 4) is 5.75 Å². The second-order valence-electron chi connectivity index (χ2n) is 8.42. The minimum absolute atomic E-state index is 0.0378. The Labute approximate surface area is 197 Å². The summed E-state index contributed by atoms with van der Waals surface area (Å²) in [6.45, 7) is 7.53. The third-order valence-corrected chi connectivity index (χ3v) is 5.15. The number of aryl methyl sites for hydroxylation is 1. The number of nitrogens with zero attached hydrogens (tertiary/aromatic N) is 3. The Hall–Kier alpha value is -3.88. The van der Waals surface area contributed by atoms with Crippen LogP contribution in [0.3, 0.4) is 0 Å². The quantitative estimate of drug-likeness (QED) is 0.514. The average molecular weight is 467 g/mol. The topological polar surface area (TPSA) is 108 Å². The summed E-state index contributed by atoms with van der Waals surface area (Å²) in [5.74, 6) is -0.482. The molecule has 0 aliphatic rings. The summed E-state index contributed by atoms with van der Waals surface area (Å²) < 4.78 is 12.8. The third-order valence-electron chi connectivity index (χ3n) is 5.15. The van der Waals surface area contributed by atoms with Crippen LogP contribution in [0.5, 0.6) is 5.75 Å². The van der Waals surface area contributed by atoms with Crippen molar-refractivity contribution in [2.45, 2.75) is 46.9 Å². The minimum Gasteiger partial charge on any atom is -0.491 e. The predicted octanol–water partition coefficient (Wildman–Crippen LogP) is 2.52. The summed E-state index contributed by atoms with van der Waals surface area (Å²) in [5, 5.41) is 0. The first kappa shape index (κ1) is 24.8. The van der Waals surface area contributed by atoms with Crippen molar-refractivity contribution in [3.05, 3.63) is 86.2 Å². The highest BCUT2D eigenvalue weighted by Gasteiger charge is 2.18. The van der Waals surface area contributed by atoms with E-state index in [4.69, 9.17) is 9.47 Å². The van der Waals surface area contributed by atoms with Crippen LogP contribution in [0.15, 0.2) is 63.1 Å². The van der Waals surface area contributed by atoms with Gasteiger partial charge in [-0.05, 0) is 50.6 Å². The van der Waals surface area contributed by atoms with Crippen molar-refractivity contribution in [2.75, 3.05) is 7.11 Å². The molecule has 0 saturated carbocycles. The molecule has 0 bridgehead atoms. The molecule has 2 aromatic carbocycles. The molecule has 3 aromatic rings. The zero-order valence-corrected chi connectivity index (χ0v) is 20.1. The normalized spacial score (nSPS) is 12.6. The van der Waals surface area contributed by atoms with E-state index in [1.54, 1.807) is 31.2 Å². The monoisotopic (exact) mass is 466 g/mol. The van der Waals surface area contributed by atoms with Crippen molar-refractivity contribution in [2.24, 2.45) is 10.9 Å². The number of hydrogen-bond donors (Lipinski definition) is 1. The molecule has 1 N–H and O–H groups in total. The van der Waals surface area contributed by atoms with Gasteiger partial charge in [0.25, 0.3) is 0 Å². The lowest BCUT2D eigenvalue weighted by Gasteiger charge is -2.14. The fraction of sp³-hybridized carbons (Fsp3) is 0.360. The highest BCUT2D eigenvalue weighted by molar-refractivity contribution is 5.71. The van der Waals surface area contributed by atoms with E-state index in [-0.39, 0.29) is 24.8 Å². The molecule has 0 amide bonds. The lowest BCUT2D eigenvalue weighted by atomic mass is 10.1. The number of benzene rings is 2. The van der Waals surface area contributed by atoms with Crippen molar-refractivity contribution in [1.82, 2.24) is 14.1 Å². The van der Waals surface area contributed by atoms with Crippen LogP contribution >= 0.6 is 0 Å². The highest BCUT2D eigenvalue weighted by atomic mass is 16.5. The van der Waals surface area contributed by atoms with Gasteiger partial charge in [-0.3, -0.25) is 14.3 Å². The zero-order chi connectivity index (χ0) is 24.8. The van der Waals surface area contributed by atoms with E-state index in [1.165, 1.54) is 11.7 Å². The first-order valence-corrected chi connectivity index (χ1v) is 11.1. The maximum absolute atomic E-state index is 13.4. The Balaban J connectivity index is 2.11. The van der Waals surface area contributed by atoms with Gasteiger partial charge in [0.2, 0.25) is 5.62 Å². The maximum Gasteiger partial charge on any atom is 0.335 e. The highest BCUT2D eigenvalue weighted by Crippen LogP contribution is 2.18. The standard InChI is InChI=1S/C25H30N4O5/c1-16(2)34-21-12-10-20(11-13-21)26-23-27-24(31)29(14-18(4)22(30)33-5)25(32)28(23)15-19-8-6-17(3)7-9-19/h6-13,16,18H,14-15H2,1-5H3,(H,26,27,31)/t18-/m1/s1. The summed E-state index contributed by atoms with van der Waals surface area (Å²) >= 11 is 0. The number of aromatic amines is 1. The van der Waals surface area contributed by atoms with Gasteiger partial charge in [-0.2, -0.15) is 0 Å². The second kappa shape index (κ2) is 10.8. The molecule has 0 radical (unpaired) electrons. The summed E-state index contributed by atoms with van der Waals surface area (Å²) in [5.41, 5.74) is 1.38. The molecule has 0 aliphatic heterocycles. The van der Waals surface area contributed by atoms with E-state index in [0.717, 1.165) is 15.7 Å². The van der Waals surface area contributed by atoms with Crippen LogP contribution in [0.1, 0.15) is 31.9 Å². The number of esters is 1. The van der Waals surface area contributed by atoms with Crippen LogP contribution in [0, 0.1) is 12.8 Å². The molecule has 0 saturated heterocycles. The average Bonchev–Trinajstić information content (AvgIpc) is 2.80. The molecule has 0 aliphatic carbocycles. The van der Waals surface area contributed by atoms with E-state index >= 15 is 0 Å². The molecule has 1 atom stereocenters. The van der Waals surface area contributed by atoms with Crippen molar-refractivity contribution < 1.29 is 14.3 Å². The summed E-state index contributed by atoms with van der Waals surface area (Å²) in [4.78, 5) is 45.2. The number of ether oxygens (including phenoxy) is 2. The fourth-order valence-corrected chi connectivity index (χ4v) is 3.36. The van der Waals surface area contributed by atoms with Crippen LogP contribution in [0.4, 0.5) is 5.69 Å². The molecule has 180 valence electrons. The number of carbonyl (C=O) groups excluding carboxylic acids is 1. The smallest absolute Gasteiger partial charge is 0.335 e. The van der Waals surface area contributed by atoms with Crippen molar-refractivity contribution >= 4 is 11.7 Å². The molecule has 0 unspecified atom stereocenters. The van der Waals surface area contributed by atoms with E-state index in [9.17, 15) is 14.4 Å². The molecule has 1 heterocycles. The first-order chi connectivity index (χ1) is 16.2. The summed E-state index contributed by atoms with van der Waals surface area (Å²) in [6, 6.07) is 14.8. The lowest BCUT2D eigenvalue weighted by Crippen LogP contribution is -2.51. The fourth-order valence-electron chi connectivity index (χ4n) is 3.36. The van der Waals surface area contributed by atoms with Gasteiger partial charge in [-0.1, -0.05) is 36.8 Å². The van der Waals surface area contributed by atoms with Crippen LogP contribution < -0.4 is 21.7 Å². The van der Waals surface area contributed by atoms with Crippen LogP contribution in [-0.2, 0) is 22.6 Å². The van der Waals surface area contributed by atoms with Crippen molar-refractivity contribution in [3.63, 3.8) is 0 Å². The summed E-state index contributed by atoms with van der Waals surface area (Å²) in [6.07, 6.45) is 0.0378. The molecular formula is C25H30N4O5. The van der Waals surface area contributed by atoms with Crippen LogP contribution in [0.2, 0.25) is 0 Å². The largest absolute Gasteiger partial charge is 0.491 e. The molecule has 0 spiro atoms. The first-order valence-electron chi connectivity index (χ1n) is 11.1. The number of nitrogens with one attached hydrogen (secondary N) is 1. The van der Waals surface area contributed by atoms with E-state index in [1.807, 2.05) is 45.0 Å². The lowest BCUT2D eigenvalue weighted by molar-refractivity contribution is -0.145. The number of aromatic nitrogens is 3. The van der Waals surface area contributed by atoms with Gasteiger partial charge in [-0.25, -0.2) is 19.1 Å². The van der Waals surface area contributed by atoms with E-state index in [0.29, 0.717) is 11.4 Å². The molecule has 1 aromatic heterocycles. The number of hydrogen-bond acceptors (Lipinski definition) is 6. The Bertz CT molecular complexity index is 1320. The maximum atomic E-state index is 13.4. The Morgan fingerprint density at radius 3 is 2.24 bits per heavy atom. The molecule has 34 heavy (non-hydrogen) atoms. The van der Waals surface area contributed by atoms with E-state index in [2.05, 4.69) is 9.98 Å². The SMILES string of the molecule is COC(=O)[C@H](C)Cn1c(=O)[nH]/c(=N\c2ccc(OC(C)C)cc2)n(Cc2ccc(C)cc2)c1=O. The number of methoxy groups -OCH3 is 1. The molecule has 9 nitrogen and oxygen atoms in total. The molecular weight excluding hydrogens is 436 g/mol. The van der Waals surface area contributed by atoms with Crippen LogP contribution in [0.25, 0.3) is 0 Å². The van der Waals surface area contributed by atoms with Gasteiger partial charge in [0.15, 0.2) is 0 Å². The number of rotatable bonds is 8. The third kappa shape index (κ3) is 6.12. The van der Waals surface area contributed by atoms with E-state index < -0.39 is 23.3 Å². The minimum atomic E-state index is -0.673. The molecule has 0 fully saturated rings. The predicted molar refractivity (Wildman–Crippen MR) is 128 cm³/mol. The van der Waals surface area contributed by atoms with Crippen LogP contribution in [-0.4, -0.2) is 33.3 Å². The van der Waals surface area contributed by atoms with Gasteiger partial charge < -0.3 is 9.47 Å². The van der Waals surface area contributed by atoms with Gasteiger partial charge in [0.1, 0.15) is 5.75 Å². The van der Waals surface area contributed by atoms with Gasteiger partial charge in [0, 0.05) is 6.54 Å². The Kier molecular flexibility index (Phi) is 7.88. The summed E-state index contributed by atoms with van der Waals surface area (Å²) in [7, 11) is 1.27. The van der Waals surface area contributed by atoms with Gasteiger partial charge in [0.05, 0.1) is 31.4 Å². The number of H-pyrrole nitrogens is 1. The van der Waals surface area contributed by atoms with Gasteiger partial charge in [-0.15, -0.1) is 0 Å². The second-order valence-corrected chi connectivity index (χ2v) is 8.42. The number of carbonyl (C=O) groups is 1. The molecule has 3 rings (SSSR count). The Morgan fingerprint density at radius 2 is 1.65 bits per heavy atom. The van der Waals surface area contributed by atoms with Gasteiger partial charge >= 0.3 is 17.3 Å². The Morgan fingerprint density at radius 1 is 1.00 bits per heavy atom. The molecule has 9 heteroatoms. The zero-order valence-electron chi connectivity index (χ0n) is 20.1. The van der Waals surface area contributed by atoms with Crippen molar-refractivity contribution in [1.29, 1.82) is 0 Å².